The normalized spacial score (nSPS) is 11.8. The maximum absolute atomic E-state index is 6.98. The molecule has 10 rings (SSSR count). The van der Waals surface area contributed by atoms with E-state index < -0.39 is 0 Å². The molecule has 0 aliphatic rings. The van der Waals surface area contributed by atoms with E-state index in [1.807, 2.05) is 11.3 Å². The fourth-order valence-corrected chi connectivity index (χ4v) is 8.48. The van der Waals surface area contributed by atoms with Crippen LogP contribution in [0.5, 0.6) is 0 Å². The molecule has 0 N–H and O–H groups in total. The zero-order valence-corrected chi connectivity index (χ0v) is 26.2. The average Bonchev–Trinajstić information content (AvgIpc) is 3.72. The van der Waals surface area contributed by atoms with E-state index in [-0.39, 0.29) is 0 Å². The average molecular weight is 618 g/mol. The molecule has 0 radical (unpaired) electrons. The van der Waals surface area contributed by atoms with Gasteiger partial charge < -0.3 is 9.32 Å². The molecule has 8 aromatic carbocycles. The lowest BCUT2D eigenvalue weighted by Gasteiger charge is -2.27. The molecule has 2 aromatic heterocycles. The number of para-hydroxylation sites is 1. The summed E-state index contributed by atoms with van der Waals surface area (Å²) >= 11 is 1.85. The number of rotatable bonds is 4. The molecular weight excluding hydrogens is 591 g/mol. The van der Waals surface area contributed by atoms with Gasteiger partial charge in [-0.3, -0.25) is 0 Å². The Hall–Kier alpha value is -5.90. The largest absolute Gasteiger partial charge is 0.455 e. The highest BCUT2D eigenvalue weighted by molar-refractivity contribution is 7.25. The Morgan fingerprint density at radius 1 is 0.404 bits per heavy atom. The van der Waals surface area contributed by atoms with Crippen LogP contribution in [0.3, 0.4) is 0 Å². The number of nitrogens with zero attached hydrogens (tertiary/aromatic N) is 1. The van der Waals surface area contributed by atoms with Crippen molar-refractivity contribution in [3.05, 3.63) is 164 Å². The van der Waals surface area contributed by atoms with Crippen LogP contribution < -0.4 is 4.90 Å². The maximum Gasteiger partial charge on any atom is 0.143 e. The van der Waals surface area contributed by atoms with Gasteiger partial charge in [-0.25, -0.2) is 0 Å². The molecule has 0 fully saturated rings. The zero-order valence-electron chi connectivity index (χ0n) is 25.4. The Labute approximate surface area is 275 Å². The van der Waals surface area contributed by atoms with Gasteiger partial charge in [0.15, 0.2) is 0 Å². The molecule has 0 spiro atoms. The summed E-state index contributed by atoms with van der Waals surface area (Å²) in [6.07, 6.45) is 0. The van der Waals surface area contributed by atoms with Gasteiger partial charge in [-0.1, -0.05) is 121 Å². The SMILES string of the molecule is c1ccc(-c2cc(N(c3ccccc3)c3ccc4c(c3)sc3ccccc34)c3c(c2)oc2c4ccccc4c4ccccc4c23)cc1. The highest BCUT2D eigenvalue weighted by Gasteiger charge is 2.24. The molecule has 10 aromatic rings. The van der Waals surface area contributed by atoms with E-state index >= 15 is 0 Å². The van der Waals surface area contributed by atoms with Crippen molar-refractivity contribution in [2.24, 2.45) is 0 Å². The van der Waals surface area contributed by atoms with Crippen molar-refractivity contribution in [1.29, 1.82) is 0 Å². The number of benzene rings is 8. The molecular formula is C44H27NOS. The van der Waals surface area contributed by atoms with Gasteiger partial charge in [-0.15, -0.1) is 11.3 Å². The number of anilines is 3. The molecule has 0 amide bonds. The molecule has 2 nitrogen and oxygen atoms in total. The van der Waals surface area contributed by atoms with E-state index in [1.165, 1.54) is 36.3 Å². The number of furan rings is 1. The molecule has 0 saturated heterocycles. The predicted molar refractivity (Wildman–Crippen MR) is 202 cm³/mol. The van der Waals surface area contributed by atoms with Crippen molar-refractivity contribution >= 4 is 92.1 Å². The molecule has 0 aliphatic carbocycles. The van der Waals surface area contributed by atoms with Gasteiger partial charge in [0, 0.05) is 42.3 Å². The van der Waals surface area contributed by atoms with Crippen molar-refractivity contribution in [3.63, 3.8) is 0 Å². The van der Waals surface area contributed by atoms with Gasteiger partial charge in [0.2, 0.25) is 0 Å². The Balaban J connectivity index is 1.37. The third-order valence-corrected chi connectivity index (χ3v) is 10.5. The Bertz CT molecular complexity index is 2790. The van der Waals surface area contributed by atoms with Gasteiger partial charge in [-0.2, -0.15) is 0 Å². The monoisotopic (exact) mass is 617 g/mol. The van der Waals surface area contributed by atoms with E-state index in [1.54, 1.807) is 0 Å². The highest BCUT2D eigenvalue weighted by atomic mass is 32.1. The minimum Gasteiger partial charge on any atom is -0.455 e. The smallest absolute Gasteiger partial charge is 0.143 e. The topological polar surface area (TPSA) is 16.4 Å². The van der Waals surface area contributed by atoms with Crippen LogP contribution in [0.2, 0.25) is 0 Å². The predicted octanol–water partition coefficient (Wildman–Crippen LogP) is 13.4. The Morgan fingerprint density at radius 2 is 1.02 bits per heavy atom. The fourth-order valence-electron chi connectivity index (χ4n) is 7.34. The third kappa shape index (κ3) is 4.04. The lowest BCUT2D eigenvalue weighted by atomic mass is 9.95. The Morgan fingerprint density at radius 3 is 1.81 bits per heavy atom. The molecule has 0 unspecified atom stereocenters. The van der Waals surface area contributed by atoms with Crippen LogP contribution in [-0.4, -0.2) is 0 Å². The third-order valence-electron chi connectivity index (χ3n) is 9.41. The molecule has 0 bridgehead atoms. The summed E-state index contributed by atoms with van der Waals surface area (Å²) in [7, 11) is 0. The standard InChI is InChI=1S/C44H27NOS/c1-3-13-28(14-4-1)29-25-38(43-39(26-29)46-44-37-21-10-8-18-33(37)32-17-7-9-20-36(32)42(43)44)45(30-15-5-2-6-16-30)31-23-24-35-34-19-11-12-22-40(34)47-41(35)27-31/h1-27H. The maximum atomic E-state index is 6.98. The van der Waals surface area contributed by atoms with Crippen LogP contribution in [0.1, 0.15) is 0 Å². The quantitative estimate of drug-likeness (QED) is 0.183. The van der Waals surface area contributed by atoms with E-state index in [4.69, 9.17) is 4.42 Å². The summed E-state index contributed by atoms with van der Waals surface area (Å²) in [5.41, 5.74) is 7.37. The summed E-state index contributed by atoms with van der Waals surface area (Å²) in [5, 5.41) is 9.61. The van der Waals surface area contributed by atoms with Gasteiger partial charge in [0.05, 0.1) is 11.1 Å². The second-order valence-electron chi connectivity index (χ2n) is 12.1. The van der Waals surface area contributed by atoms with Crippen LogP contribution >= 0.6 is 11.3 Å². The van der Waals surface area contributed by atoms with Crippen LogP contribution in [0.4, 0.5) is 17.1 Å². The van der Waals surface area contributed by atoms with Crippen LogP contribution in [-0.2, 0) is 0 Å². The van der Waals surface area contributed by atoms with Gasteiger partial charge in [0.1, 0.15) is 11.2 Å². The van der Waals surface area contributed by atoms with Crippen LogP contribution in [0.25, 0.3) is 74.8 Å². The summed E-state index contributed by atoms with van der Waals surface area (Å²) in [4.78, 5) is 2.41. The van der Waals surface area contributed by atoms with Gasteiger partial charge >= 0.3 is 0 Å². The fraction of sp³-hybridized carbons (Fsp3) is 0. The van der Waals surface area contributed by atoms with Crippen molar-refractivity contribution in [2.75, 3.05) is 4.90 Å². The minimum absolute atomic E-state index is 0.877. The second-order valence-corrected chi connectivity index (χ2v) is 13.2. The van der Waals surface area contributed by atoms with Crippen LogP contribution in [0.15, 0.2) is 168 Å². The molecule has 220 valence electrons. The molecule has 3 heteroatoms. The summed E-state index contributed by atoms with van der Waals surface area (Å²) in [6, 6.07) is 58.9. The second kappa shape index (κ2) is 10.3. The van der Waals surface area contributed by atoms with E-state index in [9.17, 15) is 0 Å². The molecule has 0 aliphatic heterocycles. The number of fused-ring (bicyclic) bond motifs is 11. The van der Waals surface area contributed by atoms with E-state index in [2.05, 4.69) is 169 Å². The first kappa shape index (κ1) is 26.3. The van der Waals surface area contributed by atoms with Crippen molar-refractivity contribution < 1.29 is 4.42 Å². The lowest BCUT2D eigenvalue weighted by molar-refractivity contribution is 0.673. The summed E-state index contributed by atoms with van der Waals surface area (Å²) in [5.74, 6) is 0. The Kier molecular flexibility index (Phi) is 5.78. The first-order valence-corrected chi connectivity index (χ1v) is 16.7. The minimum atomic E-state index is 0.877. The van der Waals surface area contributed by atoms with Gasteiger partial charge in [0.25, 0.3) is 0 Å². The van der Waals surface area contributed by atoms with Crippen molar-refractivity contribution in [3.8, 4) is 11.1 Å². The number of hydrogen-bond acceptors (Lipinski definition) is 3. The van der Waals surface area contributed by atoms with E-state index in [0.29, 0.717) is 0 Å². The zero-order chi connectivity index (χ0) is 30.9. The lowest BCUT2D eigenvalue weighted by Crippen LogP contribution is -2.10. The molecule has 47 heavy (non-hydrogen) atoms. The van der Waals surface area contributed by atoms with E-state index in [0.717, 1.165) is 55.5 Å². The number of hydrogen-bond donors (Lipinski definition) is 0. The summed E-state index contributed by atoms with van der Waals surface area (Å²) < 4.78 is 9.56. The summed E-state index contributed by atoms with van der Waals surface area (Å²) in [6.45, 7) is 0. The van der Waals surface area contributed by atoms with Gasteiger partial charge in [-0.05, 0) is 69.8 Å². The molecule has 2 heterocycles. The van der Waals surface area contributed by atoms with Crippen molar-refractivity contribution in [1.82, 2.24) is 0 Å². The first-order chi connectivity index (χ1) is 23.3. The molecule has 0 saturated carbocycles. The highest BCUT2D eigenvalue weighted by Crippen LogP contribution is 2.49. The molecule has 0 atom stereocenters. The van der Waals surface area contributed by atoms with Crippen molar-refractivity contribution in [2.45, 2.75) is 0 Å². The number of thiophene rings is 1. The van der Waals surface area contributed by atoms with Crippen LogP contribution in [0, 0.1) is 0 Å². The first-order valence-electron chi connectivity index (χ1n) is 15.9.